The topological polar surface area (TPSA) is 125 Å². The van der Waals surface area contributed by atoms with Crippen LogP contribution in [0.15, 0.2) is 29.2 Å². The van der Waals surface area contributed by atoms with Gasteiger partial charge in [0.25, 0.3) is 11.8 Å². The summed E-state index contributed by atoms with van der Waals surface area (Å²) in [7, 11) is -2.14. The normalized spacial score (nSPS) is 16.6. The summed E-state index contributed by atoms with van der Waals surface area (Å²) in [6, 6.07) is 5.72. The number of ether oxygens (including phenoxy) is 1. The maximum Gasteiger partial charge on any atom is 0.256 e. The maximum absolute atomic E-state index is 12.9. The van der Waals surface area contributed by atoms with Crippen LogP contribution in [0.3, 0.4) is 0 Å². The summed E-state index contributed by atoms with van der Waals surface area (Å²) in [5.74, 6) is -0.809. The third kappa shape index (κ3) is 4.71. The number of nitrogens with zero attached hydrogens (tertiary/aromatic N) is 2. The van der Waals surface area contributed by atoms with Gasteiger partial charge in [0.15, 0.2) is 0 Å². The number of hydrogen-bond acceptors (Lipinski definition) is 7. The van der Waals surface area contributed by atoms with Crippen LogP contribution in [0, 0.1) is 0 Å². The van der Waals surface area contributed by atoms with Crippen LogP contribution in [0.2, 0.25) is 0 Å². The zero-order valence-electron chi connectivity index (χ0n) is 18.9. The van der Waals surface area contributed by atoms with E-state index in [0.29, 0.717) is 43.3 Å². The van der Waals surface area contributed by atoms with Crippen molar-refractivity contribution in [2.45, 2.75) is 24.8 Å². The molecule has 2 aliphatic heterocycles. The van der Waals surface area contributed by atoms with Gasteiger partial charge < -0.3 is 20.3 Å². The summed E-state index contributed by atoms with van der Waals surface area (Å²) in [6.07, 6.45) is 0.526. The molecular weight excluding hydrogens is 480 g/mol. The molecule has 10 nitrogen and oxygen atoms in total. The number of hydrogen-bond donors (Lipinski definition) is 2. The van der Waals surface area contributed by atoms with Crippen LogP contribution in [0.5, 0.6) is 0 Å². The first kappa shape index (κ1) is 24.3. The minimum absolute atomic E-state index is 0.0433. The van der Waals surface area contributed by atoms with E-state index in [4.69, 9.17) is 4.74 Å². The van der Waals surface area contributed by atoms with Crippen LogP contribution in [0.4, 0.5) is 5.00 Å². The number of benzene rings is 1. The molecule has 34 heavy (non-hydrogen) atoms. The van der Waals surface area contributed by atoms with E-state index in [2.05, 4.69) is 10.6 Å². The number of carbonyl (C=O) groups is 3. The maximum atomic E-state index is 12.9. The molecule has 1 aromatic heterocycles. The lowest BCUT2D eigenvalue weighted by atomic mass is 10.0. The Kier molecular flexibility index (Phi) is 7.03. The number of rotatable bonds is 5. The predicted molar refractivity (Wildman–Crippen MR) is 126 cm³/mol. The van der Waals surface area contributed by atoms with Crippen molar-refractivity contribution in [1.82, 2.24) is 14.5 Å². The molecule has 2 aromatic rings. The highest BCUT2D eigenvalue weighted by Crippen LogP contribution is 2.37. The van der Waals surface area contributed by atoms with Crippen molar-refractivity contribution in [1.29, 1.82) is 0 Å². The Morgan fingerprint density at radius 2 is 1.71 bits per heavy atom. The van der Waals surface area contributed by atoms with Crippen molar-refractivity contribution in [3.8, 4) is 0 Å². The molecule has 12 heteroatoms. The molecule has 182 valence electrons. The third-order valence-corrected chi connectivity index (χ3v) is 8.95. The fourth-order valence-corrected chi connectivity index (χ4v) is 6.68. The van der Waals surface area contributed by atoms with Crippen molar-refractivity contribution in [3.63, 3.8) is 0 Å². The zero-order valence-corrected chi connectivity index (χ0v) is 20.6. The Morgan fingerprint density at radius 3 is 2.32 bits per heavy atom. The van der Waals surface area contributed by atoms with E-state index in [-0.39, 0.29) is 35.4 Å². The van der Waals surface area contributed by atoms with Gasteiger partial charge in [-0.3, -0.25) is 14.4 Å². The number of fused-ring (bicyclic) bond motifs is 1. The van der Waals surface area contributed by atoms with Crippen molar-refractivity contribution in [3.05, 3.63) is 45.8 Å². The average Bonchev–Trinajstić information content (AvgIpc) is 3.21. The minimum Gasteiger partial charge on any atom is -0.379 e. The molecule has 0 saturated carbocycles. The Labute approximate surface area is 201 Å². The molecule has 0 bridgehead atoms. The van der Waals surface area contributed by atoms with Gasteiger partial charge in [-0.25, -0.2) is 8.42 Å². The molecule has 3 heterocycles. The van der Waals surface area contributed by atoms with Crippen LogP contribution >= 0.6 is 11.3 Å². The summed E-state index contributed by atoms with van der Waals surface area (Å²) < 4.78 is 32.2. The quantitative estimate of drug-likeness (QED) is 0.630. The van der Waals surface area contributed by atoms with E-state index >= 15 is 0 Å². The Morgan fingerprint density at radius 1 is 1.03 bits per heavy atom. The van der Waals surface area contributed by atoms with E-state index in [1.165, 1.54) is 53.9 Å². The minimum atomic E-state index is -3.66. The van der Waals surface area contributed by atoms with Crippen LogP contribution in [-0.2, 0) is 32.5 Å². The summed E-state index contributed by atoms with van der Waals surface area (Å²) in [5, 5.41) is 5.83. The van der Waals surface area contributed by atoms with Crippen LogP contribution in [-0.4, -0.2) is 75.2 Å². The van der Waals surface area contributed by atoms with Crippen molar-refractivity contribution in [2.75, 3.05) is 45.2 Å². The molecule has 0 radical (unpaired) electrons. The van der Waals surface area contributed by atoms with Gasteiger partial charge in [-0.05, 0) is 36.2 Å². The Hall–Kier alpha value is -2.80. The molecule has 1 aromatic carbocycles. The van der Waals surface area contributed by atoms with E-state index in [9.17, 15) is 22.8 Å². The van der Waals surface area contributed by atoms with Crippen LogP contribution < -0.4 is 10.6 Å². The molecule has 4 rings (SSSR count). The summed E-state index contributed by atoms with van der Waals surface area (Å²) in [5.41, 5.74) is 1.51. The lowest BCUT2D eigenvalue weighted by Crippen LogP contribution is -2.40. The predicted octanol–water partition coefficient (Wildman–Crippen LogP) is 1.29. The van der Waals surface area contributed by atoms with Gasteiger partial charge in [0, 0.05) is 44.0 Å². The molecule has 2 aliphatic rings. The zero-order chi connectivity index (χ0) is 24.5. The van der Waals surface area contributed by atoms with Gasteiger partial charge in [-0.2, -0.15) is 4.31 Å². The van der Waals surface area contributed by atoms with Crippen molar-refractivity contribution < 1.29 is 27.5 Å². The fourth-order valence-electron chi connectivity index (χ4n) is 4.02. The molecule has 1 fully saturated rings. The van der Waals surface area contributed by atoms with Crippen LogP contribution in [0.1, 0.15) is 38.1 Å². The Balaban J connectivity index is 1.56. The summed E-state index contributed by atoms with van der Waals surface area (Å²) >= 11 is 1.27. The highest BCUT2D eigenvalue weighted by molar-refractivity contribution is 7.89. The van der Waals surface area contributed by atoms with Gasteiger partial charge in [0.05, 0.1) is 30.2 Å². The lowest BCUT2D eigenvalue weighted by Gasteiger charge is -2.26. The van der Waals surface area contributed by atoms with Crippen LogP contribution in [0.25, 0.3) is 0 Å². The van der Waals surface area contributed by atoms with Gasteiger partial charge >= 0.3 is 0 Å². The van der Waals surface area contributed by atoms with Gasteiger partial charge in [-0.15, -0.1) is 11.3 Å². The van der Waals surface area contributed by atoms with Gasteiger partial charge in [0.2, 0.25) is 15.9 Å². The first-order valence-corrected chi connectivity index (χ1v) is 13.1. The monoisotopic (exact) mass is 506 g/mol. The van der Waals surface area contributed by atoms with Gasteiger partial charge in [0.1, 0.15) is 5.00 Å². The highest BCUT2D eigenvalue weighted by atomic mass is 32.2. The summed E-state index contributed by atoms with van der Waals surface area (Å²) in [4.78, 5) is 40.0. The second kappa shape index (κ2) is 9.82. The van der Waals surface area contributed by atoms with E-state index in [0.717, 1.165) is 10.4 Å². The van der Waals surface area contributed by atoms with Gasteiger partial charge in [-0.1, -0.05) is 0 Å². The molecular formula is C22H26N4O6S2. The van der Waals surface area contributed by atoms with Crippen molar-refractivity contribution in [2.24, 2.45) is 0 Å². The lowest BCUT2D eigenvalue weighted by molar-refractivity contribution is -0.129. The number of thiophene rings is 1. The third-order valence-electron chi connectivity index (χ3n) is 5.91. The second-order valence-electron chi connectivity index (χ2n) is 7.97. The molecule has 0 aliphatic carbocycles. The first-order chi connectivity index (χ1) is 16.2. The molecule has 2 N–H and O–H groups in total. The largest absolute Gasteiger partial charge is 0.379 e. The second-order valence-corrected chi connectivity index (χ2v) is 11.0. The average molecular weight is 507 g/mol. The van der Waals surface area contributed by atoms with Crippen molar-refractivity contribution >= 4 is 44.1 Å². The molecule has 1 saturated heterocycles. The summed E-state index contributed by atoms with van der Waals surface area (Å²) in [6.45, 7) is 3.68. The van der Waals surface area contributed by atoms with E-state index in [1.807, 2.05) is 0 Å². The smallest absolute Gasteiger partial charge is 0.256 e. The first-order valence-electron chi connectivity index (χ1n) is 10.8. The number of nitrogens with one attached hydrogen (secondary N) is 2. The highest BCUT2D eigenvalue weighted by Gasteiger charge is 2.30. The molecule has 0 spiro atoms. The fraction of sp³-hybridized carbons (Fsp3) is 0.409. The number of amides is 3. The number of morpholine rings is 1. The number of carbonyl (C=O) groups excluding carboxylic acids is 3. The molecule has 0 unspecified atom stereocenters. The molecule has 3 amide bonds. The van der Waals surface area contributed by atoms with E-state index < -0.39 is 15.9 Å². The number of sulfonamides is 1. The standard InChI is InChI=1S/C22H26N4O6S2/c1-14(27)25-8-7-17-18(13-25)33-22(19(17)21(29)23-2)24-20(28)15-3-5-16(6-4-15)34(30,31)26-9-11-32-12-10-26/h3-6H,7-13H2,1-2H3,(H,23,29)(H,24,28). The number of anilines is 1. The SMILES string of the molecule is CNC(=O)c1c(NC(=O)c2ccc(S(=O)(=O)N3CCOCC3)cc2)sc2c1CCN(C(C)=O)C2. The molecule has 0 atom stereocenters. The Bertz CT molecular complexity index is 1220. The van der Waals surface area contributed by atoms with E-state index in [1.54, 1.807) is 4.90 Å².